The molecular formula is C10H19F3N2O2S. The largest absolute Gasteiger partial charge is 0.402 e. The smallest absolute Gasteiger partial charge is 0.313 e. The Labute approximate surface area is 106 Å². The van der Waals surface area contributed by atoms with Crippen molar-refractivity contribution in [2.45, 2.75) is 38.4 Å². The highest BCUT2D eigenvalue weighted by Crippen LogP contribution is 2.20. The van der Waals surface area contributed by atoms with E-state index in [2.05, 4.69) is 5.32 Å². The van der Waals surface area contributed by atoms with Gasteiger partial charge in [0.2, 0.25) is 10.0 Å². The third kappa shape index (κ3) is 5.11. The van der Waals surface area contributed by atoms with Gasteiger partial charge >= 0.3 is 6.18 Å². The van der Waals surface area contributed by atoms with E-state index in [-0.39, 0.29) is 18.3 Å². The molecule has 0 saturated carbocycles. The lowest BCUT2D eigenvalue weighted by atomic mass is 10.3. The maximum atomic E-state index is 12.4. The molecule has 1 unspecified atom stereocenters. The predicted octanol–water partition coefficient (Wildman–Crippen LogP) is 1.34. The van der Waals surface area contributed by atoms with Crippen molar-refractivity contribution < 1.29 is 21.6 Å². The van der Waals surface area contributed by atoms with Crippen LogP contribution in [-0.4, -0.2) is 50.3 Å². The number of halogens is 3. The average Bonchev–Trinajstić information content (AvgIpc) is 2.67. The Morgan fingerprint density at radius 2 is 2.06 bits per heavy atom. The Kier molecular flexibility index (Phi) is 5.42. The van der Waals surface area contributed by atoms with Crippen molar-refractivity contribution in [2.75, 3.05) is 25.4 Å². The summed E-state index contributed by atoms with van der Waals surface area (Å²) < 4.78 is 61.5. The minimum Gasteiger partial charge on any atom is -0.313 e. The van der Waals surface area contributed by atoms with E-state index in [4.69, 9.17) is 0 Å². The molecule has 4 nitrogen and oxygen atoms in total. The highest BCUT2D eigenvalue weighted by Gasteiger charge is 2.37. The second-order valence-electron chi connectivity index (χ2n) is 4.52. The first-order chi connectivity index (χ1) is 8.24. The van der Waals surface area contributed by atoms with Gasteiger partial charge in [0.15, 0.2) is 0 Å². The van der Waals surface area contributed by atoms with Crippen LogP contribution in [0.25, 0.3) is 0 Å². The zero-order chi connectivity index (χ0) is 13.8. The molecule has 0 spiro atoms. The van der Waals surface area contributed by atoms with Gasteiger partial charge < -0.3 is 5.32 Å². The molecule has 1 aliphatic heterocycles. The van der Waals surface area contributed by atoms with E-state index < -0.39 is 22.7 Å². The van der Waals surface area contributed by atoms with Crippen LogP contribution >= 0.6 is 0 Å². The van der Waals surface area contributed by atoms with Gasteiger partial charge in [-0.25, -0.2) is 8.42 Å². The van der Waals surface area contributed by atoms with Crippen molar-refractivity contribution in [1.82, 2.24) is 9.62 Å². The zero-order valence-electron chi connectivity index (χ0n) is 10.3. The van der Waals surface area contributed by atoms with Crippen LogP contribution in [0.3, 0.4) is 0 Å². The summed E-state index contributed by atoms with van der Waals surface area (Å²) in [5, 5.41) is 2.99. The first-order valence-electron chi connectivity index (χ1n) is 6.02. The van der Waals surface area contributed by atoms with Gasteiger partial charge in [0.1, 0.15) is 6.54 Å². The number of sulfonamides is 1. The molecule has 0 bridgehead atoms. The normalized spacial score (nSPS) is 21.7. The summed E-state index contributed by atoms with van der Waals surface area (Å²) in [7, 11) is -3.85. The molecule has 1 fully saturated rings. The monoisotopic (exact) mass is 288 g/mol. The summed E-state index contributed by atoms with van der Waals surface area (Å²) in [5.74, 6) is -0.247. The Bertz CT molecular complexity index is 351. The minimum atomic E-state index is -4.49. The maximum absolute atomic E-state index is 12.4. The number of hydrogen-bond acceptors (Lipinski definition) is 3. The van der Waals surface area contributed by atoms with Gasteiger partial charge in [-0.2, -0.15) is 17.5 Å². The lowest BCUT2D eigenvalue weighted by Crippen LogP contribution is -2.44. The first kappa shape index (κ1) is 15.7. The standard InChI is InChI=1S/C10H19F3N2O2S/c1-2-6-15(8-10(11,12)13)18(16,17)7-9-4-3-5-14-9/h9,14H,2-8H2,1H3. The molecular weight excluding hydrogens is 269 g/mol. The van der Waals surface area contributed by atoms with Gasteiger partial charge in [-0.1, -0.05) is 6.92 Å². The Hall–Kier alpha value is -0.340. The van der Waals surface area contributed by atoms with Crippen molar-refractivity contribution in [3.8, 4) is 0 Å². The zero-order valence-corrected chi connectivity index (χ0v) is 11.1. The molecule has 0 aromatic carbocycles. The second-order valence-corrected chi connectivity index (χ2v) is 6.53. The fraction of sp³-hybridized carbons (Fsp3) is 1.00. The lowest BCUT2D eigenvalue weighted by Gasteiger charge is -2.24. The molecule has 1 heterocycles. The van der Waals surface area contributed by atoms with Crippen LogP contribution in [0.2, 0.25) is 0 Å². The topological polar surface area (TPSA) is 49.4 Å². The summed E-state index contributed by atoms with van der Waals surface area (Å²) in [6, 6.07) is -0.220. The van der Waals surface area contributed by atoms with Gasteiger partial charge in [0.25, 0.3) is 0 Å². The second kappa shape index (κ2) is 6.21. The van der Waals surface area contributed by atoms with Crippen molar-refractivity contribution in [1.29, 1.82) is 0 Å². The van der Waals surface area contributed by atoms with Gasteiger partial charge in [0.05, 0.1) is 5.75 Å². The summed E-state index contributed by atoms with van der Waals surface area (Å²) >= 11 is 0. The molecule has 1 N–H and O–H groups in total. The maximum Gasteiger partial charge on any atom is 0.402 e. The Morgan fingerprint density at radius 3 is 2.50 bits per heavy atom. The Balaban J connectivity index is 2.69. The summed E-state index contributed by atoms with van der Waals surface area (Å²) in [6.45, 7) is 0.907. The predicted molar refractivity (Wildman–Crippen MR) is 62.7 cm³/mol. The summed E-state index contributed by atoms with van der Waals surface area (Å²) in [6.07, 6.45) is -2.56. The fourth-order valence-corrected chi connectivity index (χ4v) is 3.83. The molecule has 0 radical (unpaired) electrons. The van der Waals surface area contributed by atoms with Crippen LogP contribution in [0.4, 0.5) is 13.2 Å². The number of nitrogens with one attached hydrogen (secondary N) is 1. The van der Waals surface area contributed by atoms with Gasteiger partial charge in [-0.15, -0.1) is 0 Å². The number of rotatable bonds is 6. The highest BCUT2D eigenvalue weighted by atomic mass is 32.2. The van der Waals surface area contributed by atoms with Crippen LogP contribution in [-0.2, 0) is 10.0 Å². The molecule has 0 amide bonds. The van der Waals surface area contributed by atoms with Gasteiger partial charge in [-0.05, 0) is 25.8 Å². The number of nitrogens with zero attached hydrogens (tertiary/aromatic N) is 1. The number of hydrogen-bond donors (Lipinski definition) is 1. The average molecular weight is 288 g/mol. The van der Waals surface area contributed by atoms with E-state index in [1.165, 1.54) is 0 Å². The molecule has 0 aliphatic carbocycles. The van der Waals surface area contributed by atoms with E-state index >= 15 is 0 Å². The molecule has 1 rings (SSSR count). The first-order valence-corrected chi connectivity index (χ1v) is 7.63. The fourth-order valence-electron chi connectivity index (χ4n) is 2.02. The van der Waals surface area contributed by atoms with Crippen molar-refractivity contribution >= 4 is 10.0 Å². The molecule has 108 valence electrons. The molecule has 8 heteroatoms. The Morgan fingerprint density at radius 1 is 1.39 bits per heavy atom. The van der Waals surface area contributed by atoms with E-state index in [0.717, 1.165) is 13.0 Å². The van der Waals surface area contributed by atoms with Gasteiger partial charge in [-0.3, -0.25) is 0 Å². The van der Waals surface area contributed by atoms with Crippen LogP contribution in [0, 0.1) is 0 Å². The van der Waals surface area contributed by atoms with E-state index in [9.17, 15) is 21.6 Å². The van der Waals surface area contributed by atoms with Crippen molar-refractivity contribution in [3.63, 3.8) is 0 Å². The molecule has 1 aliphatic rings. The minimum absolute atomic E-state index is 0.0887. The van der Waals surface area contributed by atoms with Crippen LogP contribution in [0.1, 0.15) is 26.2 Å². The summed E-state index contributed by atoms with van der Waals surface area (Å²) in [5.41, 5.74) is 0. The summed E-state index contributed by atoms with van der Waals surface area (Å²) in [4.78, 5) is 0. The van der Waals surface area contributed by atoms with Crippen molar-refractivity contribution in [2.24, 2.45) is 0 Å². The molecule has 18 heavy (non-hydrogen) atoms. The number of alkyl halides is 3. The molecule has 0 aromatic heterocycles. The quantitative estimate of drug-likeness (QED) is 0.802. The highest BCUT2D eigenvalue weighted by molar-refractivity contribution is 7.89. The molecule has 1 saturated heterocycles. The van der Waals surface area contributed by atoms with Crippen LogP contribution < -0.4 is 5.32 Å². The third-order valence-corrected chi connectivity index (χ3v) is 4.72. The molecule has 1 atom stereocenters. The van der Waals surface area contributed by atoms with Crippen molar-refractivity contribution in [3.05, 3.63) is 0 Å². The van der Waals surface area contributed by atoms with Crippen LogP contribution in [0.5, 0.6) is 0 Å². The van der Waals surface area contributed by atoms with E-state index in [0.29, 0.717) is 17.1 Å². The SMILES string of the molecule is CCCN(CC(F)(F)F)S(=O)(=O)CC1CCCN1. The van der Waals surface area contributed by atoms with Gasteiger partial charge in [0, 0.05) is 12.6 Å². The van der Waals surface area contributed by atoms with E-state index in [1.807, 2.05) is 0 Å². The van der Waals surface area contributed by atoms with Crippen LogP contribution in [0.15, 0.2) is 0 Å². The van der Waals surface area contributed by atoms with E-state index in [1.54, 1.807) is 6.92 Å². The molecule has 0 aromatic rings. The lowest BCUT2D eigenvalue weighted by molar-refractivity contribution is -0.136. The third-order valence-electron chi connectivity index (χ3n) is 2.80.